The second-order valence-electron chi connectivity index (χ2n) is 4.23. The average molecular weight is 366 g/mol. The molecule has 0 aliphatic heterocycles. The van der Waals surface area contributed by atoms with E-state index in [0.29, 0.717) is 0 Å². The van der Waals surface area contributed by atoms with Crippen LogP contribution in [-0.4, -0.2) is 9.97 Å². The van der Waals surface area contributed by atoms with Crippen molar-refractivity contribution in [3.63, 3.8) is 0 Å². The molecule has 0 spiro atoms. The maximum Gasteiger partial charge on any atom is 0.139 e. The molecule has 0 saturated carbocycles. The number of nitrogens with zero attached hydrogens (tertiary/aromatic N) is 1. The summed E-state index contributed by atoms with van der Waals surface area (Å²) in [5, 5.41) is 0. The standard InChI is InChI=1S/C14H10Br2N2/c1-8-2-4-10(11(16)6-8)14-17-12-5-3-9(15)7-13(12)18-14/h2-7H,1H3,(H,17,18). The highest BCUT2D eigenvalue weighted by Crippen LogP contribution is 2.29. The summed E-state index contributed by atoms with van der Waals surface area (Å²) in [6.45, 7) is 2.07. The summed E-state index contributed by atoms with van der Waals surface area (Å²) in [6.07, 6.45) is 0. The molecule has 18 heavy (non-hydrogen) atoms. The van der Waals surface area contributed by atoms with E-state index in [1.54, 1.807) is 0 Å². The topological polar surface area (TPSA) is 28.7 Å². The van der Waals surface area contributed by atoms with E-state index in [0.717, 1.165) is 31.4 Å². The average Bonchev–Trinajstić information content (AvgIpc) is 2.71. The molecule has 0 aliphatic carbocycles. The Bertz CT molecular complexity index is 732. The Kier molecular flexibility index (Phi) is 2.99. The lowest BCUT2D eigenvalue weighted by molar-refractivity contribution is 1.32. The Labute approximate surface area is 122 Å². The fraction of sp³-hybridized carbons (Fsp3) is 0.0714. The molecular formula is C14H10Br2N2. The van der Waals surface area contributed by atoms with Crippen LogP contribution in [0.3, 0.4) is 0 Å². The highest BCUT2D eigenvalue weighted by molar-refractivity contribution is 9.10. The lowest BCUT2D eigenvalue weighted by atomic mass is 10.1. The number of rotatable bonds is 1. The molecule has 0 aliphatic rings. The lowest BCUT2D eigenvalue weighted by Crippen LogP contribution is -1.83. The zero-order chi connectivity index (χ0) is 12.7. The predicted octanol–water partition coefficient (Wildman–Crippen LogP) is 5.06. The molecule has 0 saturated heterocycles. The summed E-state index contributed by atoms with van der Waals surface area (Å²) in [5.41, 5.74) is 4.31. The van der Waals surface area contributed by atoms with Crippen molar-refractivity contribution in [3.05, 3.63) is 50.9 Å². The Morgan fingerprint density at radius 1 is 1.06 bits per heavy atom. The summed E-state index contributed by atoms with van der Waals surface area (Å²) < 4.78 is 2.11. The summed E-state index contributed by atoms with van der Waals surface area (Å²) >= 11 is 7.05. The van der Waals surface area contributed by atoms with Crippen LogP contribution in [0.2, 0.25) is 0 Å². The third kappa shape index (κ3) is 2.10. The van der Waals surface area contributed by atoms with Gasteiger partial charge in [-0.3, -0.25) is 0 Å². The minimum absolute atomic E-state index is 0.884. The van der Waals surface area contributed by atoms with E-state index in [-0.39, 0.29) is 0 Å². The molecule has 2 aromatic carbocycles. The number of imidazole rings is 1. The number of fused-ring (bicyclic) bond motifs is 1. The van der Waals surface area contributed by atoms with Gasteiger partial charge in [0.25, 0.3) is 0 Å². The number of halogens is 2. The number of H-pyrrole nitrogens is 1. The maximum absolute atomic E-state index is 4.61. The van der Waals surface area contributed by atoms with Gasteiger partial charge in [0.05, 0.1) is 11.0 Å². The van der Waals surface area contributed by atoms with E-state index >= 15 is 0 Å². The molecule has 1 heterocycles. The monoisotopic (exact) mass is 364 g/mol. The zero-order valence-electron chi connectivity index (χ0n) is 9.67. The Morgan fingerprint density at radius 2 is 1.89 bits per heavy atom. The van der Waals surface area contributed by atoms with Gasteiger partial charge in [-0.05, 0) is 42.8 Å². The zero-order valence-corrected chi connectivity index (χ0v) is 12.8. The lowest BCUT2D eigenvalue weighted by Gasteiger charge is -2.01. The van der Waals surface area contributed by atoms with E-state index < -0.39 is 0 Å². The molecule has 2 nitrogen and oxygen atoms in total. The molecule has 0 unspecified atom stereocenters. The molecule has 3 rings (SSSR count). The summed E-state index contributed by atoms with van der Waals surface area (Å²) in [6, 6.07) is 12.3. The van der Waals surface area contributed by atoms with Gasteiger partial charge in [0, 0.05) is 14.5 Å². The molecule has 1 N–H and O–H groups in total. The van der Waals surface area contributed by atoms with Crippen molar-refractivity contribution in [1.29, 1.82) is 0 Å². The van der Waals surface area contributed by atoms with Crippen LogP contribution in [0, 0.1) is 6.92 Å². The van der Waals surface area contributed by atoms with Crippen LogP contribution in [0.5, 0.6) is 0 Å². The normalized spacial score (nSPS) is 11.1. The highest BCUT2D eigenvalue weighted by atomic mass is 79.9. The van der Waals surface area contributed by atoms with Crippen LogP contribution in [-0.2, 0) is 0 Å². The smallest absolute Gasteiger partial charge is 0.139 e. The van der Waals surface area contributed by atoms with Crippen LogP contribution in [0.1, 0.15) is 5.56 Å². The van der Waals surface area contributed by atoms with Crippen LogP contribution in [0.15, 0.2) is 45.3 Å². The van der Waals surface area contributed by atoms with Crippen molar-refractivity contribution < 1.29 is 0 Å². The van der Waals surface area contributed by atoms with E-state index in [1.807, 2.05) is 18.2 Å². The summed E-state index contributed by atoms with van der Waals surface area (Å²) in [7, 11) is 0. The number of hydrogen-bond acceptors (Lipinski definition) is 1. The third-order valence-electron chi connectivity index (χ3n) is 2.82. The molecule has 3 aromatic rings. The van der Waals surface area contributed by atoms with Crippen molar-refractivity contribution in [1.82, 2.24) is 9.97 Å². The first-order valence-corrected chi connectivity index (χ1v) is 7.14. The SMILES string of the molecule is Cc1ccc(-c2nc3ccc(Br)cc3[nH]2)c(Br)c1. The maximum atomic E-state index is 4.61. The summed E-state index contributed by atoms with van der Waals surface area (Å²) in [5.74, 6) is 0.884. The molecule has 0 radical (unpaired) electrons. The van der Waals surface area contributed by atoms with E-state index in [4.69, 9.17) is 0 Å². The van der Waals surface area contributed by atoms with Crippen LogP contribution in [0.25, 0.3) is 22.4 Å². The van der Waals surface area contributed by atoms with Gasteiger partial charge < -0.3 is 4.98 Å². The molecule has 90 valence electrons. The third-order valence-corrected chi connectivity index (χ3v) is 3.97. The number of benzene rings is 2. The first-order valence-electron chi connectivity index (χ1n) is 5.55. The summed E-state index contributed by atoms with van der Waals surface area (Å²) in [4.78, 5) is 7.95. The van der Waals surface area contributed by atoms with Gasteiger partial charge in [-0.15, -0.1) is 0 Å². The largest absolute Gasteiger partial charge is 0.338 e. The quantitative estimate of drug-likeness (QED) is 0.641. The molecule has 4 heteroatoms. The predicted molar refractivity (Wildman–Crippen MR) is 81.7 cm³/mol. The number of aromatic nitrogens is 2. The fourth-order valence-electron chi connectivity index (χ4n) is 1.92. The van der Waals surface area contributed by atoms with Crippen molar-refractivity contribution >= 4 is 42.9 Å². The van der Waals surface area contributed by atoms with Gasteiger partial charge in [0.2, 0.25) is 0 Å². The van der Waals surface area contributed by atoms with Crippen molar-refractivity contribution in [2.75, 3.05) is 0 Å². The van der Waals surface area contributed by atoms with Gasteiger partial charge in [-0.2, -0.15) is 0 Å². The minimum Gasteiger partial charge on any atom is -0.338 e. The molecule has 0 bridgehead atoms. The van der Waals surface area contributed by atoms with Crippen molar-refractivity contribution in [2.45, 2.75) is 6.92 Å². The van der Waals surface area contributed by atoms with Crippen LogP contribution < -0.4 is 0 Å². The molecule has 1 aromatic heterocycles. The van der Waals surface area contributed by atoms with Crippen LogP contribution in [0.4, 0.5) is 0 Å². The van der Waals surface area contributed by atoms with Crippen molar-refractivity contribution in [3.8, 4) is 11.4 Å². The first-order chi connectivity index (χ1) is 8.63. The number of nitrogens with one attached hydrogen (secondary N) is 1. The Morgan fingerprint density at radius 3 is 2.67 bits per heavy atom. The Balaban J connectivity index is 2.19. The number of aromatic amines is 1. The van der Waals surface area contributed by atoms with E-state index in [9.17, 15) is 0 Å². The van der Waals surface area contributed by atoms with Gasteiger partial charge >= 0.3 is 0 Å². The minimum atomic E-state index is 0.884. The second-order valence-corrected chi connectivity index (χ2v) is 6.00. The van der Waals surface area contributed by atoms with Gasteiger partial charge in [0.15, 0.2) is 0 Å². The Hall–Kier alpha value is -1.13. The van der Waals surface area contributed by atoms with E-state index in [2.05, 4.69) is 67.0 Å². The van der Waals surface area contributed by atoms with Crippen molar-refractivity contribution in [2.24, 2.45) is 0 Å². The second kappa shape index (κ2) is 4.52. The van der Waals surface area contributed by atoms with Gasteiger partial charge in [0.1, 0.15) is 5.82 Å². The highest BCUT2D eigenvalue weighted by Gasteiger charge is 2.08. The van der Waals surface area contributed by atoms with E-state index in [1.165, 1.54) is 5.56 Å². The first kappa shape index (κ1) is 11.9. The van der Waals surface area contributed by atoms with Crippen LogP contribution >= 0.6 is 31.9 Å². The number of hydrogen-bond donors (Lipinski definition) is 1. The fourth-order valence-corrected chi connectivity index (χ4v) is 2.96. The van der Waals surface area contributed by atoms with Gasteiger partial charge in [-0.1, -0.05) is 37.9 Å². The molecule has 0 amide bonds. The molecule has 0 fully saturated rings. The molecular weight excluding hydrogens is 356 g/mol. The number of aryl methyl sites for hydroxylation is 1. The van der Waals surface area contributed by atoms with Gasteiger partial charge in [-0.25, -0.2) is 4.98 Å². The molecule has 0 atom stereocenters.